The van der Waals surface area contributed by atoms with Crippen molar-refractivity contribution in [2.24, 2.45) is 0 Å². The van der Waals surface area contributed by atoms with Crippen molar-refractivity contribution in [2.75, 3.05) is 6.54 Å². The van der Waals surface area contributed by atoms with Gasteiger partial charge in [-0.2, -0.15) is 0 Å². The molecule has 158 valence electrons. The van der Waals surface area contributed by atoms with Gasteiger partial charge in [-0.3, -0.25) is 4.79 Å². The Morgan fingerprint density at radius 2 is 2.00 bits per heavy atom. The maximum absolute atomic E-state index is 12.9. The monoisotopic (exact) mass is 472 g/mol. The van der Waals surface area contributed by atoms with Crippen molar-refractivity contribution in [3.8, 4) is 0 Å². The standard InChI is InChI=1S/C21H27Cl3N2O2Si/c1-29(2,3)28-17-10-8-16(9-11-17)26(20(27)21(22,23)24)13-12-15-14-25-19-7-5-4-6-18(15)19/h4-7,10,14,16,25H,8-9,11-13H2,1-3H3. The zero-order chi connectivity index (χ0) is 21.2. The van der Waals surface area contributed by atoms with Gasteiger partial charge in [-0.25, -0.2) is 0 Å². The maximum atomic E-state index is 12.9. The van der Waals surface area contributed by atoms with Gasteiger partial charge >= 0.3 is 0 Å². The Labute approximate surface area is 188 Å². The van der Waals surface area contributed by atoms with Gasteiger partial charge < -0.3 is 14.3 Å². The molecule has 1 unspecified atom stereocenters. The highest BCUT2D eigenvalue weighted by Gasteiger charge is 2.38. The molecule has 4 nitrogen and oxygen atoms in total. The highest BCUT2D eigenvalue weighted by Crippen LogP contribution is 2.33. The number of carbonyl (C=O) groups is 1. The zero-order valence-corrected chi connectivity index (χ0v) is 20.2. The molecule has 0 radical (unpaired) electrons. The molecule has 2 aromatic rings. The van der Waals surface area contributed by atoms with Crippen LogP contribution >= 0.6 is 34.8 Å². The topological polar surface area (TPSA) is 45.3 Å². The molecule has 1 aliphatic rings. The minimum atomic E-state index is -1.96. The van der Waals surface area contributed by atoms with Crippen LogP contribution in [0, 0.1) is 0 Å². The molecule has 1 aromatic carbocycles. The first-order valence-corrected chi connectivity index (χ1v) is 14.4. The summed E-state index contributed by atoms with van der Waals surface area (Å²) in [6.45, 7) is 7.00. The second-order valence-electron chi connectivity index (χ2n) is 8.42. The highest BCUT2D eigenvalue weighted by atomic mass is 35.6. The summed E-state index contributed by atoms with van der Waals surface area (Å²) < 4.78 is 4.16. The third kappa shape index (κ3) is 5.94. The molecule has 8 heteroatoms. The van der Waals surface area contributed by atoms with E-state index in [-0.39, 0.29) is 6.04 Å². The molecule has 0 spiro atoms. The number of carbonyl (C=O) groups excluding carboxylic acids is 1. The summed E-state index contributed by atoms with van der Waals surface area (Å²) >= 11 is 17.9. The maximum Gasteiger partial charge on any atom is 0.274 e. The number of alkyl halides is 3. The molecule has 1 N–H and O–H groups in total. The highest BCUT2D eigenvalue weighted by molar-refractivity contribution is 6.76. The number of allylic oxidation sites excluding steroid dienone is 1. The Morgan fingerprint density at radius 3 is 2.62 bits per heavy atom. The van der Waals surface area contributed by atoms with Gasteiger partial charge in [0.05, 0.1) is 5.76 Å². The fourth-order valence-electron chi connectivity index (χ4n) is 3.76. The van der Waals surface area contributed by atoms with E-state index in [0.29, 0.717) is 19.4 Å². The lowest BCUT2D eigenvalue weighted by Crippen LogP contribution is -2.47. The largest absolute Gasteiger partial charge is 0.548 e. The lowest BCUT2D eigenvalue weighted by molar-refractivity contribution is -0.132. The molecule has 0 fully saturated rings. The minimum Gasteiger partial charge on any atom is -0.548 e. The van der Waals surface area contributed by atoms with Gasteiger partial charge in [-0.05, 0) is 56.6 Å². The minimum absolute atomic E-state index is 0.00249. The summed E-state index contributed by atoms with van der Waals surface area (Å²) in [7, 11) is -1.64. The van der Waals surface area contributed by atoms with E-state index in [4.69, 9.17) is 39.2 Å². The normalized spacial score (nSPS) is 17.9. The van der Waals surface area contributed by atoms with Gasteiger partial charge in [-0.1, -0.05) is 53.0 Å². The first kappa shape index (κ1) is 22.5. The number of aromatic nitrogens is 1. The van der Waals surface area contributed by atoms with Crippen LogP contribution in [0.15, 0.2) is 42.3 Å². The Bertz CT molecular complexity index is 899. The first-order chi connectivity index (χ1) is 13.5. The van der Waals surface area contributed by atoms with Crippen molar-refractivity contribution in [2.45, 2.75) is 55.2 Å². The average Bonchev–Trinajstić information content (AvgIpc) is 3.04. The Balaban J connectivity index is 1.74. The van der Waals surface area contributed by atoms with Crippen molar-refractivity contribution < 1.29 is 9.22 Å². The number of halogens is 3. The van der Waals surface area contributed by atoms with E-state index in [1.807, 2.05) is 24.4 Å². The summed E-state index contributed by atoms with van der Waals surface area (Å²) in [5.41, 5.74) is 2.23. The number of H-pyrrole nitrogens is 1. The molecular weight excluding hydrogens is 447 g/mol. The number of aromatic amines is 1. The fraction of sp³-hybridized carbons (Fsp3) is 0.476. The van der Waals surface area contributed by atoms with Crippen LogP contribution in [0.25, 0.3) is 10.9 Å². The molecule has 0 saturated carbocycles. The Hall–Kier alpha value is -1.14. The number of amides is 1. The smallest absolute Gasteiger partial charge is 0.274 e. The molecular formula is C21H27Cl3N2O2Si. The van der Waals surface area contributed by atoms with Crippen LogP contribution in [0.2, 0.25) is 19.6 Å². The Morgan fingerprint density at radius 1 is 1.28 bits per heavy atom. The number of nitrogens with zero attached hydrogens (tertiary/aromatic N) is 1. The quantitative estimate of drug-likeness (QED) is 0.401. The number of benzene rings is 1. The van der Waals surface area contributed by atoms with Gasteiger partial charge in [0.15, 0.2) is 0 Å². The lowest BCUT2D eigenvalue weighted by atomic mass is 9.98. The predicted octanol–water partition coefficient (Wildman–Crippen LogP) is 6.20. The van der Waals surface area contributed by atoms with E-state index in [0.717, 1.165) is 35.1 Å². The number of hydrogen-bond acceptors (Lipinski definition) is 2. The molecule has 1 heterocycles. The third-order valence-corrected chi connectivity index (χ3v) is 6.38. The number of nitrogens with one attached hydrogen (secondary N) is 1. The van der Waals surface area contributed by atoms with Crippen molar-refractivity contribution >= 4 is 59.9 Å². The molecule has 3 rings (SSSR count). The molecule has 29 heavy (non-hydrogen) atoms. The van der Waals surface area contributed by atoms with Gasteiger partial charge in [0.25, 0.3) is 9.70 Å². The molecule has 1 aromatic heterocycles. The van der Waals surface area contributed by atoms with Gasteiger partial charge in [0.1, 0.15) is 0 Å². The van der Waals surface area contributed by atoms with Crippen LogP contribution in [0.5, 0.6) is 0 Å². The van der Waals surface area contributed by atoms with Crippen LogP contribution in [-0.4, -0.2) is 40.5 Å². The Kier molecular flexibility index (Phi) is 6.94. The molecule has 1 atom stereocenters. The number of para-hydroxylation sites is 1. The molecule has 1 amide bonds. The number of hydrogen-bond donors (Lipinski definition) is 1. The summed E-state index contributed by atoms with van der Waals surface area (Å²) in [6, 6.07) is 8.11. The van der Waals surface area contributed by atoms with Gasteiger partial charge in [0.2, 0.25) is 8.32 Å². The fourth-order valence-corrected chi connectivity index (χ4v) is 5.06. The lowest BCUT2D eigenvalue weighted by Gasteiger charge is -2.36. The van der Waals surface area contributed by atoms with E-state index >= 15 is 0 Å². The van der Waals surface area contributed by atoms with Crippen LogP contribution in [0.1, 0.15) is 24.8 Å². The van der Waals surface area contributed by atoms with Crippen LogP contribution in [0.3, 0.4) is 0 Å². The van der Waals surface area contributed by atoms with Gasteiger partial charge in [0, 0.05) is 36.1 Å². The SMILES string of the molecule is C[Si](C)(C)OC1=CCC(N(CCc2c[nH]c3ccccc23)C(=O)C(Cl)(Cl)Cl)CC1. The van der Waals surface area contributed by atoms with E-state index in [9.17, 15) is 4.79 Å². The molecule has 0 aliphatic heterocycles. The van der Waals surface area contributed by atoms with Crippen LogP contribution in [0.4, 0.5) is 0 Å². The summed E-state index contributed by atoms with van der Waals surface area (Å²) in [5, 5.41) is 1.16. The first-order valence-electron chi connectivity index (χ1n) is 9.85. The van der Waals surface area contributed by atoms with Crippen LogP contribution in [-0.2, 0) is 15.6 Å². The summed E-state index contributed by atoms with van der Waals surface area (Å²) in [5.74, 6) is 0.564. The van der Waals surface area contributed by atoms with E-state index in [1.165, 1.54) is 0 Å². The second-order valence-corrected chi connectivity index (χ2v) is 15.1. The van der Waals surface area contributed by atoms with Crippen molar-refractivity contribution in [1.29, 1.82) is 0 Å². The van der Waals surface area contributed by atoms with Gasteiger partial charge in [-0.15, -0.1) is 0 Å². The third-order valence-electron chi connectivity index (χ3n) is 5.02. The number of fused-ring (bicyclic) bond motifs is 1. The van der Waals surface area contributed by atoms with E-state index in [2.05, 4.69) is 36.8 Å². The van der Waals surface area contributed by atoms with Crippen molar-refractivity contribution in [3.63, 3.8) is 0 Å². The second kappa shape index (κ2) is 8.92. The van der Waals surface area contributed by atoms with Crippen molar-refractivity contribution in [1.82, 2.24) is 9.88 Å². The zero-order valence-electron chi connectivity index (χ0n) is 17.0. The van der Waals surface area contributed by atoms with E-state index in [1.54, 1.807) is 4.90 Å². The molecule has 1 aliphatic carbocycles. The van der Waals surface area contributed by atoms with Crippen LogP contribution < -0.4 is 0 Å². The molecule has 0 bridgehead atoms. The average molecular weight is 474 g/mol. The van der Waals surface area contributed by atoms with Crippen molar-refractivity contribution in [3.05, 3.63) is 47.9 Å². The number of rotatable bonds is 6. The summed E-state index contributed by atoms with van der Waals surface area (Å²) in [6.07, 6.45) is 7.08. The molecule has 0 saturated heterocycles. The van der Waals surface area contributed by atoms with E-state index < -0.39 is 18.0 Å². The predicted molar refractivity (Wildman–Crippen MR) is 124 cm³/mol. The summed E-state index contributed by atoms with van der Waals surface area (Å²) in [4.78, 5) is 17.9.